The number of anilines is 2. The lowest BCUT2D eigenvalue weighted by molar-refractivity contribution is -0.112. The van der Waals surface area contributed by atoms with Crippen LogP contribution in [0.3, 0.4) is 0 Å². The fourth-order valence-electron chi connectivity index (χ4n) is 1.44. The van der Waals surface area contributed by atoms with E-state index in [0.29, 0.717) is 29.5 Å². The van der Waals surface area contributed by atoms with E-state index in [0.717, 1.165) is 6.42 Å². The van der Waals surface area contributed by atoms with Gasteiger partial charge in [0.2, 0.25) is 0 Å². The number of amides is 1. The number of hydrogen-bond acceptors (Lipinski definition) is 5. The number of nitrogen functional groups attached to an aromatic ring is 1. The van der Waals surface area contributed by atoms with E-state index in [9.17, 15) is 4.79 Å². The Balaban J connectivity index is 2.60. The van der Waals surface area contributed by atoms with E-state index >= 15 is 0 Å². The second kappa shape index (κ2) is 8.84. The zero-order valence-electron chi connectivity index (χ0n) is 11.6. The van der Waals surface area contributed by atoms with Crippen molar-refractivity contribution in [3.63, 3.8) is 0 Å². The molecule has 0 aliphatic rings. The molecule has 0 aliphatic heterocycles. The smallest absolute Gasteiger partial charge is 0.267 e. The second-order valence-electron chi connectivity index (χ2n) is 4.16. The summed E-state index contributed by atoms with van der Waals surface area (Å²) in [5, 5.41) is 14.8. The lowest BCUT2D eigenvalue weighted by Gasteiger charge is -2.06. The quantitative estimate of drug-likeness (QED) is 0.309. The molecule has 1 rings (SSSR count). The Morgan fingerprint density at radius 2 is 2.33 bits per heavy atom. The second-order valence-corrected chi connectivity index (χ2v) is 4.57. The minimum absolute atomic E-state index is 0.0274. The molecule has 7 heteroatoms. The highest BCUT2D eigenvalue weighted by molar-refractivity contribution is 6.33. The van der Waals surface area contributed by atoms with Crippen molar-refractivity contribution in [1.82, 2.24) is 5.32 Å². The van der Waals surface area contributed by atoms with Crippen molar-refractivity contribution < 1.29 is 9.53 Å². The van der Waals surface area contributed by atoms with Gasteiger partial charge in [0.1, 0.15) is 11.6 Å². The van der Waals surface area contributed by atoms with Crippen molar-refractivity contribution in [3.8, 4) is 6.07 Å². The monoisotopic (exact) mass is 308 g/mol. The van der Waals surface area contributed by atoms with Gasteiger partial charge in [-0.05, 0) is 24.6 Å². The number of rotatable bonds is 7. The fraction of sp³-hybridized carbons (Fsp3) is 0.286. The molecular formula is C14H17ClN4O2. The van der Waals surface area contributed by atoms with E-state index < -0.39 is 5.91 Å². The van der Waals surface area contributed by atoms with Crippen molar-refractivity contribution in [2.24, 2.45) is 0 Å². The van der Waals surface area contributed by atoms with Crippen molar-refractivity contribution in [1.29, 1.82) is 5.26 Å². The topological polar surface area (TPSA) is 100 Å². The number of carbonyl (C=O) groups is 1. The molecule has 0 bridgehead atoms. The zero-order chi connectivity index (χ0) is 15.7. The van der Waals surface area contributed by atoms with Gasteiger partial charge in [-0.15, -0.1) is 0 Å². The van der Waals surface area contributed by atoms with Crippen LogP contribution in [0.1, 0.15) is 6.42 Å². The van der Waals surface area contributed by atoms with Gasteiger partial charge in [0.15, 0.2) is 0 Å². The molecule has 4 N–H and O–H groups in total. The maximum atomic E-state index is 11.9. The summed E-state index contributed by atoms with van der Waals surface area (Å²) in [4.78, 5) is 11.9. The molecular weight excluding hydrogens is 292 g/mol. The summed E-state index contributed by atoms with van der Waals surface area (Å²) >= 11 is 5.86. The van der Waals surface area contributed by atoms with Crippen LogP contribution in [-0.2, 0) is 9.53 Å². The van der Waals surface area contributed by atoms with Gasteiger partial charge < -0.3 is 21.1 Å². The largest absolute Gasteiger partial charge is 0.398 e. The van der Waals surface area contributed by atoms with Gasteiger partial charge in [0, 0.05) is 32.1 Å². The minimum atomic E-state index is -0.516. The molecule has 0 unspecified atom stereocenters. The predicted molar refractivity (Wildman–Crippen MR) is 82.7 cm³/mol. The minimum Gasteiger partial charge on any atom is -0.398 e. The summed E-state index contributed by atoms with van der Waals surface area (Å²) in [6, 6.07) is 6.55. The van der Waals surface area contributed by atoms with Crippen LogP contribution in [0.15, 0.2) is 30.0 Å². The van der Waals surface area contributed by atoms with E-state index in [1.807, 2.05) is 6.07 Å². The van der Waals surface area contributed by atoms with E-state index in [2.05, 4.69) is 10.6 Å². The van der Waals surface area contributed by atoms with Crippen LogP contribution in [0.2, 0.25) is 5.02 Å². The van der Waals surface area contributed by atoms with E-state index in [4.69, 9.17) is 27.3 Å². The molecule has 0 saturated carbocycles. The SMILES string of the molecule is COCCCN/C=C(/C#N)C(=O)Nc1ccc(N)c(Cl)c1. The Morgan fingerprint density at radius 1 is 1.57 bits per heavy atom. The van der Waals surface area contributed by atoms with Crippen LogP contribution in [0, 0.1) is 11.3 Å². The highest BCUT2D eigenvalue weighted by Crippen LogP contribution is 2.22. The number of benzene rings is 1. The Hall–Kier alpha value is -2.23. The summed E-state index contributed by atoms with van der Waals surface area (Å²) < 4.78 is 4.89. The maximum absolute atomic E-state index is 11.9. The van der Waals surface area contributed by atoms with Gasteiger partial charge in [-0.2, -0.15) is 5.26 Å². The Kier molecular flexibility index (Phi) is 7.09. The Labute approximate surface area is 128 Å². The molecule has 0 heterocycles. The van der Waals surface area contributed by atoms with Crippen molar-refractivity contribution in [2.75, 3.05) is 31.3 Å². The summed E-state index contributed by atoms with van der Waals surface area (Å²) in [6.45, 7) is 1.22. The molecule has 1 aromatic rings. The van der Waals surface area contributed by atoms with Gasteiger partial charge in [-0.3, -0.25) is 4.79 Å². The third kappa shape index (κ3) is 5.73. The normalized spacial score (nSPS) is 10.8. The highest BCUT2D eigenvalue weighted by Gasteiger charge is 2.09. The third-order valence-electron chi connectivity index (χ3n) is 2.54. The lowest BCUT2D eigenvalue weighted by atomic mass is 10.2. The molecule has 0 saturated heterocycles. The standard InChI is InChI=1S/C14H17ClN4O2/c1-21-6-2-5-18-9-10(8-16)14(20)19-11-3-4-13(17)12(15)7-11/h3-4,7,9,18H,2,5-6,17H2,1H3,(H,19,20)/b10-9-. The number of nitriles is 1. The van der Waals surface area contributed by atoms with Gasteiger partial charge in [0.05, 0.1) is 10.7 Å². The molecule has 0 atom stereocenters. The first-order chi connectivity index (χ1) is 10.1. The highest BCUT2D eigenvalue weighted by atomic mass is 35.5. The van der Waals surface area contributed by atoms with Crippen LogP contribution in [-0.4, -0.2) is 26.2 Å². The number of methoxy groups -OCH3 is 1. The van der Waals surface area contributed by atoms with E-state index in [-0.39, 0.29) is 5.57 Å². The fourth-order valence-corrected chi connectivity index (χ4v) is 1.63. The molecule has 0 radical (unpaired) electrons. The molecule has 1 aromatic carbocycles. The number of halogens is 1. The third-order valence-corrected chi connectivity index (χ3v) is 2.87. The molecule has 21 heavy (non-hydrogen) atoms. The van der Waals surface area contributed by atoms with E-state index in [1.54, 1.807) is 19.2 Å². The number of ether oxygens (including phenoxy) is 1. The van der Waals surface area contributed by atoms with Gasteiger partial charge in [-0.25, -0.2) is 0 Å². The van der Waals surface area contributed by atoms with Gasteiger partial charge >= 0.3 is 0 Å². The average Bonchev–Trinajstić information content (AvgIpc) is 2.46. The molecule has 0 aliphatic carbocycles. The predicted octanol–water partition coefficient (Wildman–Crippen LogP) is 1.89. The van der Waals surface area contributed by atoms with E-state index in [1.165, 1.54) is 12.3 Å². The van der Waals surface area contributed by atoms with Crippen molar-refractivity contribution >= 4 is 28.9 Å². The molecule has 1 amide bonds. The van der Waals surface area contributed by atoms with Crippen LogP contribution < -0.4 is 16.4 Å². The van der Waals surface area contributed by atoms with Crippen LogP contribution >= 0.6 is 11.6 Å². The first-order valence-electron chi connectivity index (χ1n) is 6.27. The van der Waals surface area contributed by atoms with Crippen LogP contribution in [0.5, 0.6) is 0 Å². The Morgan fingerprint density at radius 3 is 2.95 bits per heavy atom. The number of nitrogens with zero attached hydrogens (tertiary/aromatic N) is 1. The van der Waals surface area contributed by atoms with Crippen LogP contribution in [0.25, 0.3) is 0 Å². The van der Waals surface area contributed by atoms with Crippen molar-refractivity contribution in [2.45, 2.75) is 6.42 Å². The zero-order valence-corrected chi connectivity index (χ0v) is 12.4. The van der Waals surface area contributed by atoms with Gasteiger partial charge in [0.25, 0.3) is 5.91 Å². The first kappa shape index (κ1) is 16.8. The number of carbonyl (C=O) groups excluding carboxylic acids is 1. The number of nitrogens with one attached hydrogen (secondary N) is 2. The molecule has 6 nitrogen and oxygen atoms in total. The summed E-state index contributed by atoms with van der Waals surface area (Å²) in [6.07, 6.45) is 2.16. The summed E-state index contributed by atoms with van der Waals surface area (Å²) in [5.41, 5.74) is 6.45. The first-order valence-corrected chi connectivity index (χ1v) is 6.65. The lowest BCUT2D eigenvalue weighted by Crippen LogP contribution is -2.17. The number of nitrogens with two attached hydrogens (primary N) is 1. The van der Waals surface area contributed by atoms with Crippen LogP contribution in [0.4, 0.5) is 11.4 Å². The molecule has 112 valence electrons. The summed E-state index contributed by atoms with van der Waals surface area (Å²) in [5.74, 6) is -0.516. The summed E-state index contributed by atoms with van der Waals surface area (Å²) in [7, 11) is 1.61. The van der Waals surface area contributed by atoms with Gasteiger partial charge in [-0.1, -0.05) is 11.6 Å². The molecule has 0 spiro atoms. The molecule has 0 aromatic heterocycles. The average molecular weight is 309 g/mol. The Bertz CT molecular complexity index is 567. The maximum Gasteiger partial charge on any atom is 0.267 e. The van der Waals surface area contributed by atoms with Crippen molar-refractivity contribution in [3.05, 3.63) is 35.0 Å². The molecule has 0 fully saturated rings. The number of hydrogen-bond donors (Lipinski definition) is 3.